The van der Waals surface area contributed by atoms with Gasteiger partial charge >= 0.3 is 5.97 Å². The van der Waals surface area contributed by atoms with Gasteiger partial charge in [0.2, 0.25) is 0 Å². The van der Waals surface area contributed by atoms with E-state index in [1.54, 1.807) is 7.11 Å². The number of nitrogens with zero attached hydrogens (tertiary/aromatic N) is 2. The first-order chi connectivity index (χ1) is 13.2. The number of carbonyl (C=O) groups excluding carboxylic acids is 1. The second-order valence-electron chi connectivity index (χ2n) is 6.40. The smallest absolute Gasteiger partial charge is 0.308 e. The van der Waals surface area contributed by atoms with Crippen LogP contribution >= 0.6 is 0 Å². The van der Waals surface area contributed by atoms with E-state index in [4.69, 9.17) is 19.2 Å². The van der Waals surface area contributed by atoms with Gasteiger partial charge in [-0.15, -0.1) is 0 Å². The fraction of sp³-hybridized carbons (Fsp3) is 0.600. The van der Waals surface area contributed by atoms with E-state index in [1.807, 2.05) is 24.3 Å². The van der Waals surface area contributed by atoms with Crippen LogP contribution in [0.4, 0.5) is 0 Å². The minimum absolute atomic E-state index is 0.00499. The van der Waals surface area contributed by atoms with Crippen LogP contribution in [-0.4, -0.2) is 63.8 Å². The second kappa shape index (κ2) is 11.3. The highest BCUT2D eigenvalue weighted by Gasteiger charge is 2.26. The largest absolute Gasteiger partial charge is 0.497 e. The van der Waals surface area contributed by atoms with Crippen LogP contribution in [0.25, 0.3) is 0 Å². The summed E-state index contributed by atoms with van der Waals surface area (Å²) in [7, 11) is 3.10. The Labute approximate surface area is 161 Å². The van der Waals surface area contributed by atoms with E-state index in [2.05, 4.69) is 17.1 Å². The average Bonchev–Trinajstić information content (AvgIpc) is 2.72. The van der Waals surface area contributed by atoms with E-state index in [0.717, 1.165) is 56.4 Å². The zero-order valence-electron chi connectivity index (χ0n) is 16.6. The first-order valence-corrected chi connectivity index (χ1v) is 9.55. The SMILES string of the molecule is CCNC(=NCCCOc1cccc(OC)c1)N1CCC(C(=O)OC)CC1. The van der Waals surface area contributed by atoms with Crippen molar-refractivity contribution < 1.29 is 19.0 Å². The molecule has 0 radical (unpaired) electrons. The molecule has 0 saturated carbocycles. The van der Waals surface area contributed by atoms with Crippen LogP contribution in [0.15, 0.2) is 29.3 Å². The molecule has 150 valence electrons. The first kappa shape index (κ1) is 20.9. The minimum Gasteiger partial charge on any atom is -0.497 e. The van der Waals surface area contributed by atoms with Crippen molar-refractivity contribution in [2.24, 2.45) is 10.9 Å². The molecule has 7 nitrogen and oxygen atoms in total. The predicted octanol–water partition coefficient (Wildman–Crippen LogP) is 2.31. The Hall–Kier alpha value is -2.44. The Morgan fingerprint density at radius 3 is 2.67 bits per heavy atom. The molecule has 0 amide bonds. The first-order valence-electron chi connectivity index (χ1n) is 9.55. The van der Waals surface area contributed by atoms with Crippen molar-refractivity contribution in [2.45, 2.75) is 26.2 Å². The lowest BCUT2D eigenvalue weighted by Crippen LogP contribution is -2.46. The third-order valence-corrected chi connectivity index (χ3v) is 4.54. The molecule has 0 atom stereocenters. The molecule has 27 heavy (non-hydrogen) atoms. The summed E-state index contributed by atoms with van der Waals surface area (Å²) >= 11 is 0. The van der Waals surface area contributed by atoms with Crippen molar-refractivity contribution in [1.82, 2.24) is 10.2 Å². The highest BCUT2D eigenvalue weighted by Crippen LogP contribution is 2.19. The van der Waals surface area contributed by atoms with Gasteiger partial charge in [-0.2, -0.15) is 0 Å². The number of methoxy groups -OCH3 is 2. The van der Waals surface area contributed by atoms with Crippen molar-refractivity contribution in [3.05, 3.63) is 24.3 Å². The molecule has 0 spiro atoms. The Bertz CT molecular complexity index is 613. The molecule has 7 heteroatoms. The topological polar surface area (TPSA) is 72.4 Å². The van der Waals surface area contributed by atoms with Crippen LogP contribution in [0.5, 0.6) is 11.5 Å². The number of hydrogen-bond donors (Lipinski definition) is 1. The van der Waals surface area contributed by atoms with E-state index >= 15 is 0 Å². The van der Waals surface area contributed by atoms with Crippen LogP contribution in [0, 0.1) is 5.92 Å². The van der Waals surface area contributed by atoms with E-state index in [1.165, 1.54) is 7.11 Å². The molecule has 0 aromatic heterocycles. The molecular weight excluding hydrogens is 346 g/mol. The summed E-state index contributed by atoms with van der Waals surface area (Å²) in [5.74, 6) is 2.39. The highest BCUT2D eigenvalue weighted by molar-refractivity contribution is 5.80. The maximum Gasteiger partial charge on any atom is 0.308 e. The Kier molecular flexibility index (Phi) is 8.74. The number of rotatable bonds is 8. The molecule has 1 aliphatic rings. The minimum atomic E-state index is -0.105. The number of guanidine groups is 1. The van der Waals surface area contributed by atoms with Crippen LogP contribution in [0.1, 0.15) is 26.2 Å². The second-order valence-corrected chi connectivity index (χ2v) is 6.40. The highest BCUT2D eigenvalue weighted by atomic mass is 16.5. The van der Waals surface area contributed by atoms with E-state index in [9.17, 15) is 4.79 Å². The Morgan fingerprint density at radius 1 is 1.26 bits per heavy atom. The van der Waals surface area contributed by atoms with Gasteiger partial charge < -0.3 is 24.4 Å². The lowest BCUT2D eigenvalue weighted by atomic mass is 9.97. The Balaban J connectivity index is 1.77. The number of ether oxygens (including phenoxy) is 3. The molecule has 1 N–H and O–H groups in total. The Morgan fingerprint density at radius 2 is 2.00 bits per heavy atom. The number of carbonyl (C=O) groups is 1. The molecule has 1 fully saturated rings. The van der Waals surface area contributed by atoms with Crippen molar-refractivity contribution in [3.8, 4) is 11.5 Å². The summed E-state index contributed by atoms with van der Waals surface area (Å²) in [5.41, 5.74) is 0. The van der Waals surface area contributed by atoms with Gasteiger partial charge in [-0.1, -0.05) is 6.07 Å². The number of aliphatic imine (C=N–C) groups is 1. The molecule has 1 aliphatic heterocycles. The van der Waals surface area contributed by atoms with Crippen LogP contribution in [0.2, 0.25) is 0 Å². The zero-order chi connectivity index (χ0) is 19.5. The number of nitrogens with one attached hydrogen (secondary N) is 1. The summed E-state index contributed by atoms with van der Waals surface area (Å²) in [6, 6.07) is 7.59. The summed E-state index contributed by atoms with van der Waals surface area (Å²) in [6.45, 7) is 5.78. The number of esters is 1. The van der Waals surface area contributed by atoms with Crippen LogP contribution in [-0.2, 0) is 9.53 Å². The van der Waals surface area contributed by atoms with Gasteiger partial charge in [-0.25, -0.2) is 0 Å². The molecule has 0 bridgehead atoms. The van der Waals surface area contributed by atoms with Crippen molar-refractivity contribution in [3.63, 3.8) is 0 Å². The number of benzene rings is 1. The molecular formula is C20H31N3O4. The summed E-state index contributed by atoms with van der Waals surface area (Å²) in [5, 5.41) is 3.34. The van der Waals surface area contributed by atoms with Crippen molar-refractivity contribution in [1.29, 1.82) is 0 Å². The third kappa shape index (κ3) is 6.66. The van der Waals surface area contributed by atoms with Gasteiger partial charge in [-0.3, -0.25) is 9.79 Å². The zero-order valence-corrected chi connectivity index (χ0v) is 16.6. The van der Waals surface area contributed by atoms with E-state index < -0.39 is 0 Å². The van der Waals surface area contributed by atoms with Gasteiger partial charge in [0, 0.05) is 38.7 Å². The average molecular weight is 377 g/mol. The summed E-state index contributed by atoms with van der Waals surface area (Å²) in [6.07, 6.45) is 2.43. The fourth-order valence-corrected chi connectivity index (χ4v) is 3.05. The van der Waals surface area contributed by atoms with Gasteiger partial charge in [-0.05, 0) is 31.9 Å². The number of piperidine rings is 1. The molecule has 1 aromatic rings. The summed E-state index contributed by atoms with van der Waals surface area (Å²) < 4.78 is 15.8. The normalized spacial score (nSPS) is 15.4. The monoisotopic (exact) mass is 377 g/mol. The lowest BCUT2D eigenvalue weighted by Gasteiger charge is -2.33. The molecule has 1 aromatic carbocycles. The molecule has 0 unspecified atom stereocenters. The predicted molar refractivity (Wildman–Crippen MR) is 105 cm³/mol. The summed E-state index contributed by atoms with van der Waals surface area (Å²) in [4.78, 5) is 18.6. The molecule has 1 saturated heterocycles. The van der Waals surface area contributed by atoms with Gasteiger partial charge in [0.15, 0.2) is 5.96 Å². The van der Waals surface area contributed by atoms with Crippen LogP contribution < -0.4 is 14.8 Å². The quantitative estimate of drug-likeness (QED) is 0.324. The maximum absolute atomic E-state index is 11.7. The number of hydrogen-bond acceptors (Lipinski definition) is 5. The van der Waals surface area contributed by atoms with E-state index in [-0.39, 0.29) is 11.9 Å². The molecule has 0 aliphatic carbocycles. The van der Waals surface area contributed by atoms with Crippen molar-refractivity contribution >= 4 is 11.9 Å². The number of likely N-dealkylation sites (tertiary alicyclic amines) is 1. The van der Waals surface area contributed by atoms with Gasteiger partial charge in [0.1, 0.15) is 11.5 Å². The maximum atomic E-state index is 11.7. The lowest BCUT2D eigenvalue weighted by molar-refractivity contribution is -0.146. The van der Waals surface area contributed by atoms with E-state index in [0.29, 0.717) is 13.2 Å². The fourth-order valence-electron chi connectivity index (χ4n) is 3.05. The standard InChI is InChI=1S/C20H31N3O4/c1-4-21-20(23-12-9-16(10-13-23)19(24)26-3)22-11-6-14-27-18-8-5-7-17(15-18)25-2/h5,7-8,15-16H,4,6,9-14H2,1-3H3,(H,21,22). The molecule has 2 rings (SSSR count). The van der Waals surface area contributed by atoms with Gasteiger partial charge in [0.25, 0.3) is 0 Å². The van der Waals surface area contributed by atoms with Crippen LogP contribution in [0.3, 0.4) is 0 Å². The van der Waals surface area contributed by atoms with Crippen molar-refractivity contribution in [2.75, 3.05) is 47.0 Å². The molecule has 1 heterocycles. The van der Waals surface area contributed by atoms with Gasteiger partial charge in [0.05, 0.1) is 26.7 Å². The third-order valence-electron chi connectivity index (χ3n) is 4.54.